The number of aromatic nitrogens is 1. The molecule has 15 heavy (non-hydrogen) atoms. The predicted molar refractivity (Wildman–Crippen MR) is 63.7 cm³/mol. The van der Waals surface area contributed by atoms with E-state index in [1.54, 1.807) is 0 Å². The molecule has 1 aromatic rings. The fourth-order valence-corrected chi connectivity index (χ4v) is 1.75. The molecular formula is C12H21N3. The van der Waals surface area contributed by atoms with Crippen LogP contribution in [0.5, 0.6) is 0 Å². The molecular weight excluding hydrogens is 186 g/mol. The SMILES string of the molecule is CCNC(C)CN(C)Cc1cccnc1. The maximum Gasteiger partial charge on any atom is 0.0312 e. The fraction of sp³-hybridized carbons (Fsp3) is 0.583. The first-order valence-electron chi connectivity index (χ1n) is 5.53. The number of rotatable bonds is 6. The summed E-state index contributed by atoms with van der Waals surface area (Å²) < 4.78 is 0. The van der Waals surface area contributed by atoms with Gasteiger partial charge in [-0.3, -0.25) is 4.98 Å². The van der Waals surface area contributed by atoms with Gasteiger partial charge in [-0.1, -0.05) is 13.0 Å². The Morgan fingerprint density at radius 1 is 1.53 bits per heavy atom. The normalized spacial score (nSPS) is 13.1. The Bertz CT molecular complexity index is 261. The van der Waals surface area contributed by atoms with Crippen molar-refractivity contribution in [3.05, 3.63) is 30.1 Å². The molecule has 0 aliphatic carbocycles. The van der Waals surface area contributed by atoms with Crippen LogP contribution in [0.2, 0.25) is 0 Å². The first-order valence-corrected chi connectivity index (χ1v) is 5.53. The minimum Gasteiger partial charge on any atom is -0.313 e. The van der Waals surface area contributed by atoms with Gasteiger partial charge >= 0.3 is 0 Å². The topological polar surface area (TPSA) is 28.2 Å². The zero-order chi connectivity index (χ0) is 11.1. The molecule has 1 heterocycles. The van der Waals surface area contributed by atoms with E-state index in [0.29, 0.717) is 6.04 Å². The van der Waals surface area contributed by atoms with Crippen molar-refractivity contribution in [3.63, 3.8) is 0 Å². The van der Waals surface area contributed by atoms with Crippen molar-refractivity contribution in [2.75, 3.05) is 20.1 Å². The van der Waals surface area contributed by atoms with Gasteiger partial charge in [-0.2, -0.15) is 0 Å². The van der Waals surface area contributed by atoms with Crippen LogP contribution in [0, 0.1) is 0 Å². The van der Waals surface area contributed by atoms with Gasteiger partial charge in [0.25, 0.3) is 0 Å². The average Bonchev–Trinajstić information content (AvgIpc) is 2.19. The third kappa shape index (κ3) is 4.91. The van der Waals surface area contributed by atoms with Gasteiger partial charge in [-0.05, 0) is 32.1 Å². The minimum atomic E-state index is 0.539. The van der Waals surface area contributed by atoms with E-state index in [1.165, 1.54) is 5.56 Å². The molecule has 3 heteroatoms. The van der Waals surface area contributed by atoms with E-state index in [9.17, 15) is 0 Å². The summed E-state index contributed by atoms with van der Waals surface area (Å²) in [6.07, 6.45) is 3.74. The molecule has 1 unspecified atom stereocenters. The van der Waals surface area contributed by atoms with Gasteiger partial charge in [-0.25, -0.2) is 0 Å². The predicted octanol–water partition coefficient (Wildman–Crippen LogP) is 1.51. The molecule has 0 aromatic carbocycles. The van der Waals surface area contributed by atoms with E-state index in [1.807, 2.05) is 18.5 Å². The van der Waals surface area contributed by atoms with Gasteiger partial charge in [-0.15, -0.1) is 0 Å². The highest BCUT2D eigenvalue weighted by Gasteiger charge is 2.05. The minimum absolute atomic E-state index is 0.539. The van der Waals surface area contributed by atoms with Crippen LogP contribution in [0.3, 0.4) is 0 Å². The Kier molecular flexibility index (Phi) is 5.29. The molecule has 0 saturated carbocycles. The van der Waals surface area contributed by atoms with Crippen LogP contribution in [0.1, 0.15) is 19.4 Å². The molecule has 0 amide bonds. The molecule has 0 radical (unpaired) electrons. The molecule has 0 aliphatic rings. The third-order valence-corrected chi connectivity index (χ3v) is 2.31. The van der Waals surface area contributed by atoms with Crippen LogP contribution in [0.25, 0.3) is 0 Å². The summed E-state index contributed by atoms with van der Waals surface area (Å²) in [5.74, 6) is 0. The second-order valence-corrected chi connectivity index (χ2v) is 4.02. The Balaban J connectivity index is 2.33. The van der Waals surface area contributed by atoms with E-state index in [0.717, 1.165) is 19.6 Å². The summed E-state index contributed by atoms with van der Waals surface area (Å²) in [6.45, 7) is 7.40. The Hall–Kier alpha value is -0.930. The van der Waals surface area contributed by atoms with Crippen molar-refractivity contribution in [2.45, 2.75) is 26.4 Å². The molecule has 0 spiro atoms. The quantitative estimate of drug-likeness (QED) is 0.766. The summed E-state index contributed by atoms with van der Waals surface area (Å²) >= 11 is 0. The van der Waals surface area contributed by atoms with Crippen molar-refractivity contribution < 1.29 is 0 Å². The Morgan fingerprint density at radius 2 is 2.33 bits per heavy atom. The van der Waals surface area contributed by atoms with Crippen LogP contribution in [0.15, 0.2) is 24.5 Å². The van der Waals surface area contributed by atoms with Crippen LogP contribution in [-0.4, -0.2) is 36.1 Å². The summed E-state index contributed by atoms with van der Waals surface area (Å²) in [5, 5.41) is 3.40. The molecule has 3 nitrogen and oxygen atoms in total. The zero-order valence-corrected chi connectivity index (χ0v) is 9.90. The highest BCUT2D eigenvalue weighted by Crippen LogP contribution is 2.01. The summed E-state index contributed by atoms with van der Waals surface area (Å²) in [4.78, 5) is 6.42. The van der Waals surface area contributed by atoms with Crippen molar-refractivity contribution in [1.29, 1.82) is 0 Å². The first-order chi connectivity index (χ1) is 7.22. The third-order valence-electron chi connectivity index (χ3n) is 2.31. The van der Waals surface area contributed by atoms with Crippen molar-refractivity contribution in [3.8, 4) is 0 Å². The molecule has 1 atom stereocenters. The van der Waals surface area contributed by atoms with Crippen molar-refractivity contribution in [2.24, 2.45) is 0 Å². The lowest BCUT2D eigenvalue weighted by Gasteiger charge is -2.21. The van der Waals surface area contributed by atoms with Crippen LogP contribution >= 0.6 is 0 Å². The van der Waals surface area contributed by atoms with E-state index >= 15 is 0 Å². The fourth-order valence-electron chi connectivity index (χ4n) is 1.75. The number of nitrogens with one attached hydrogen (secondary N) is 1. The highest BCUT2D eigenvalue weighted by molar-refractivity contribution is 5.07. The maximum atomic E-state index is 4.11. The summed E-state index contributed by atoms with van der Waals surface area (Å²) in [6, 6.07) is 4.63. The Labute approximate surface area is 92.5 Å². The zero-order valence-electron chi connectivity index (χ0n) is 9.90. The number of hydrogen-bond donors (Lipinski definition) is 1. The van der Waals surface area contributed by atoms with Gasteiger partial charge in [0.1, 0.15) is 0 Å². The molecule has 1 N–H and O–H groups in total. The lowest BCUT2D eigenvalue weighted by molar-refractivity contribution is 0.291. The van der Waals surface area contributed by atoms with Crippen molar-refractivity contribution >= 4 is 0 Å². The van der Waals surface area contributed by atoms with Gasteiger partial charge < -0.3 is 10.2 Å². The summed E-state index contributed by atoms with van der Waals surface area (Å²) in [7, 11) is 2.14. The largest absolute Gasteiger partial charge is 0.313 e. The van der Waals surface area contributed by atoms with Gasteiger partial charge in [0.15, 0.2) is 0 Å². The lowest BCUT2D eigenvalue weighted by Crippen LogP contribution is -2.36. The molecule has 0 aliphatic heterocycles. The van der Waals surface area contributed by atoms with E-state index < -0.39 is 0 Å². The molecule has 0 fully saturated rings. The standard InChI is InChI=1S/C12H21N3/c1-4-14-11(2)9-15(3)10-12-6-5-7-13-8-12/h5-8,11,14H,4,9-10H2,1-3H3. The first kappa shape index (κ1) is 12.1. The monoisotopic (exact) mass is 207 g/mol. The second kappa shape index (κ2) is 6.53. The van der Waals surface area contributed by atoms with E-state index in [4.69, 9.17) is 0 Å². The smallest absolute Gasteiger partial charge is 0.0312 e. The lowest BCUT2D eigenvalue weighted by atomic mass is 10.2. The maximum absolute atomic E-state index is 4.11. The molecule has 84 valence electrons. The van der Waals surface area contributed by atoms with E-state index in [-0.39, 0.29) is 0 Å². The van der Waals surface area contributed by atoms with E-state index in [2.05, 4.69) is 42.2 Å². The molecule has 0 bridgehead atoms. The molecule has 0 saturated heterocycles. The second-order valence-electron chi connectivity index (χ2n) is 4.02. The summed E-state index contributed by atoms with van der Waals surface area (Å²) in [5.41, 5.74) is 1.27. The molecule has 1 rings (SSSR count). The number of nitrogens with zero attached hydrogens (tertiary/aromatic N) is 2. The molecule has 1 aromatic heterocycles. The average molecular weight is 207 g/mol. The number of hydrogen-bond acceptors (Lipinski definition) is 3. The Morgan fingerprint density at radius 3 is 2.93 bits per heavy atom. The van der Waals surface area contributed by atoms with Crippen LogP contribution in [0.4, 0.5) is 0 Å². The van der Waals surface area contributed by atoms with Crippen LogP contribution < -0.4 is 5.32 Å². The van der Waals surface area contributed by atoms with Gasteiger partial charge in [0, 0.05) is 31.5 Å². The highest BCUT2D eigenvalue weighted by atomic mass is 15.1. The van der Waals surface area contributed by atoms with Crippen LogP contribution in [-0.2, 0) is 6.54 Å². The number of pyridine rings is 1. The van der Waals surface area contributed by atoms with Gasteiger partial charge in [0.2, 0.25) is 0 Å². The van der Waals surface area contributed by atoms with Gasteiger partial charge in [0.05, 0.1) is 0 Å². The number of likely N-dealkylation sites (N-methyl/N-ethyl adjacent to an activating group) is 2. The van der Waals surface area contributed by atoms with Crippen molar-refractivity contribution in [1.82, 2.24) is 15.2 Å².